The van der Waals surface area contributed by atoms with Crippen molar-refractivity contribution in [1.29, 1.82) is 0 Å². The minimum atomic E-state index is -0.287. The van der Waals surface area contributed by atoms with E-state index in [1.807, 2.05) is 24.5 Å². The highest BCUT2D eigenvalue weighted by atomic mass is 32.1. The maximum absolute atomic E-state index is 11.4. The van der Waals surface area contributed by atoms with E-state index in [0.29, 0.717) is 4.88 Å². The molecule has 2 N–H and O–H groups in total. The second kappa shape index (κ2) is 3.31. The lowest BCUT2D eigenvalue weighted by Crippen LogP contribution is -2.01. The van der Waals surface area contributed by atoms with Gasteiger partial charge in [-0.05, 0) is 12.1 Å². The van der Waals surface area contributed by atoms with E-state index in [2.05, 4.69) is 9.97 Å². The van der Waals surface area contributed by atoms with Crippen LogP contribution in [0.15, 0.2) is 24.5 Å². The smallest absolute Gasteiger partial charge is 0.348 e. The minimum Gasteiger partial charge on any atom is -0.465 e. The predicted molar refractivity (Wildman–Crippen MR) is 61.6 cm³/mol. The first-order chi connectivity index (χ1) is 7.79. The number of carbonyl (C=O) groups excluding carboxylic acids is 1. The molecule has 0 aliphatic heterocycles. The highest BCUT2D eigenvalue weighted by molar-refractivity contribution is 7.21. The van der Waals surface area contributed by atoms with Crippen molar-refractivity contribution < 1.29 is 14.5 Å². The maximum atomic E-state index is 11.4. The summed E-state index contributed by atoms with van der Waals surface area (Å²) in [6.07, 6.45) is 3.76. The van der Waals surface area contributed by atoms with E-state index in [0.717, 1.165) is 21.1 Å². The van der Waals surface area contributed by atoms with Gasteiger partial charge in [0.15, 0.2) is 0 Å². The van der Waals surface area contributed by atoms with Crippen LogP contribution in [0.5, 0.6) is 0 Å². The first-order valence-corrected chi connectivity index (χ1v) is 5.61. The molecule has 3 aromatic heterocycles. The van der Waals surface area contributed by atoms with Gasteiger partial charge in [-0.2, -0.15) is 0 Å². The molecule has 0 bridgehead atoms. The normalized spacial score (nSPS) is 11.1. The average Bonchev–Trinajstić information content (AvgIpc) is 2.92. The Hall–Kier alpha value is -1.88. The molecular weight excluding hydrogens is 224 g/mol. The van der Waals surface area contributed by atoms with Crippen LogP contribution in [-0.4, -0.2) is 18.1 Å². The fraction of sp³-hybridized carbons (Fsp3) is 0.0909. The number of aromatic amines is 2. The summed E-state index contributed by atoms with van der Waals surface area (Å²) in [4.78, 5) is 18.3. The molecule has 3 rings (SSSR count). The van der Waals surface area contributed by atoms with E-state index < -0.39 is 0 Å². The molecule has 0 radical (unpaired) electrons. The number of esters is 1. The molecule has 0 aliphatic rings. The average molecular weight is 233 g/mol. The van der Waals surface area contributed by atoms with Crippen LogP contribution in [0.3, 0.4) is 0 Å². The molecule has 80 valence electrons. The Morgan fingerprint density at radius 2 is 2.44 bits per heavy atom. The van der Waals surface area contributed by atoms with Gasteiger partial charge in [-0.25, -0.2) is 14.8 Å². The zero-order valence-electron chi connectivity index (χ0n) is 8.53. The van der Waals surface area contributed by atoms with Crippen LogP contribution in [0.2, 0.25) is 0 Å². The van der Waals surface area contributed by atoms with Gasteiger partial charge in [0.2, 0.25) is 0 Å². The van der Waals surface area contributed by atoms with Gasteiger partial charge >= 0.3 is 5.97 Å². The van der Waals surface area contributed by atoms with Crippen molar-refractivity contribution in [2.75, 3.05) is 7.11 Å². The summed E-state index contributed by atoms with van der Waals surface area (Å²) in [5.41, 5.74) is 0.964. The van der Waals surface area contributed by atoms with Crippen molar-refractivity contribution in [3.8, 4) is 0 Å². The number of nitrogens with one attached hydrogen (secondary N) is 2. The van der Waals surface area contributed by atoms with E-state index in [4.69, 9.17) is 4.74 Å². The van der Waals surface area contributed by atoms with Gasteiger partial charge < -0.3 is 4.74 Å². The molecule has 3 aromatic rings. The lowest BCUT2D eigenvalue weighted by atomic mass is 10.2. The molecule has 0 saturated heterocycles. The van der Waals surface area contributed by atoms with Gasteiger partial charge in [0, 0.05) is 5.39 Å². The summed E-state index contributed by atoms with van der Waals surface area (Å²) < 4.78 is 5.81. The van der Waals surface area contributed by atoms with E-state index in [1.165, 1.54) is 18.4 Å². The number of aromatic nitrogens is 2. The number of pyridine rings is 1. The van der Waals surface area contributed by atoms with Crippen molar-refractivity contribution in [2.24, 2.45) is 0 Å². The Bertz CT molecular complexity index is 683. The number of rotatable bonds is 1. The fourth-order valence-electron chi connectivity index (χ4n) is 1.75. The van der Waals surface area contributed by atoms with Crippen molar-refractivity contribution in [3.63, 3.8) is 0 Å². The minimum absolute atomic E-state index is 0.287. The van der Waals surface area contributed by atoms with E-state index in [1.54, 1.807) is 0 Å². The quantitative estimate of drug-likeness (QED) is 0.653. The molecule has 16 heavy (non-hydrogen) atoms. The molecule has 0 aliphatic carbocycles. The Labute approximate surface area is 94.9 Å². The lowest BCUT2D eigenvalue weighted by Gasteiger charge is -1.90. The summed E-state index contributed by atoms with van der Waals surface area (Å²) in [5.74, 6) is -0.287. The number of methoxy groups -OCH3 is 1. The van der Waals surface area contributed by atoms with Crippen molar-refractivity contribution in [2.45, 2.75) is 0 Å². The lowest BCUT2D eigenvalue weighted by molar-refractivity contribution is -0.345. The fourth-order valence-corrected chi connectivity index (χ4v) is 2.84. The summed E-state index contributed by atoms with van der Waals surface area (Å²) in [5, 5.41) is 2.12. The number of ether oxygens (including phenoxy) is 1. The molecule has 0 spiro atoms. The highest BCUT2D eigenvalue weighted by Gasteiger charge is 2.14. The molecule has 5 heteroatoms. The van der Waals surface area contributed by atoms with E-state index in [9.17, 15) is 4.79 Å². The third-order valence-corrected chi connectivity index (χ3v) is 3.68. The second-order valence-corrected chi connectivity index (χ2v) is 4.49. The zero-order chi connectivity index (χ0) is 11.1. The van der Waals surface area contributed by atoms with Crippen molar-refractivity contribution >= 4 is 38.4 Å². The number of thiophene rings is 1. The zero-order valence-corrected chi connectivity index (χ0v) is 9.35. The third kappa shape index (κ3) is 1.22. The third-order valence-electron chi connectivity index (χ3n) is 2.51. The number of fused-ring (bicyclic) bond motifs is 3. The number of hydrogen-bond donors (Lipinski definition) is 1. The Balaban J connectivity index is 2.34. The molecular formula is C11H9N2O2S+. The Kier molecular flexibility index (Phi) is 1.94. The van der Waals surface area contributed by atoms with Crippen LogP contribution in [0, 0.1) is 0 Å². The standard InChI is InChI=1S/C11H8N2O2S/c1-15-11(14)8-4-6-5-13-10-7(2-3-12-10)9(6)16-8/h2-5H,1H3,(H,12,13)/p+1. The SMILES string of the molecule is COC(=O)c1cc2c[nH+]c3[nH]ccc3c2s1. The van der Waals surface area contributed by atoms with Crippen LogP contribution in [0.1, 0.15) is 9.67 Å². The van der Waals surface area contributed by atoms with Crippen LogP contribution in [0.4, 0.5) is 0 Å². The van der Waals surface area contributed by atoms with Gasteiger partial charge in [-0.3, -0.25) is 0 Å². The molecule has 0 fully saturated rings. The summed E-state index contributed by atoms with van der Waals surface area (Å²) in [7, 11) is 1.39. The van der Waals surface area contributed by atoms with Crippen LogP contribution in [-0.2, 0) is 4.74 Å². The molecule has 0 unspecified atom stereocenters. The van der Waals surface area contributed by atoms with E-state index in [-0.39, 0.29) is 5.97 Å². The van der Waals surface area contributed by atoms with Gasteiger partial charge in [-0.15, -0.1) is 11.3 Å². The number of carbonyl (C=O) groups is 1. The Morgan fingerprint density at radius 1 is 1.56 bits per heavy atom. The number of H-pyrrole nitrogens is 2. The van der Waals surface area contributed by atoms with Gasteiger partial charge in [-0.1, -0.05) is 0 Å². The topological polar surface area (TPSA) is 56.2 Å². The second-order valence-electron chi connectivity index (χ2n) is 3.44. The molecule has 0 amide bonds. The summed E-state index contributed by atoms with van der Waals surface area (Å²) in [6.45, 7) is 0. The van der Waals surface area contributed by atoms with Crippen molar-refractivity contribution in [1.82, 2.24) is 4.98 Å². The van der Waals surface area contributed by atoms with Crippen LogP contribution < -0.4 is 4.98 Å². The largest absolute Gasteiger partial charge is 0.465 e. The molecule has 0 saturated carbocycles. The maximum Gasteiger partial charge on any atom is 0.348 e. The monoisotopic (exact) mass is 233 g/mol. The molecule has 0 atom stereocenters. The van der Waals surface area contributed by atoms with Crippen LogP contribution >= 0.6 is 11.3 Å². The number of hydrogen-bond acceptors (Lipinski definition) is 3. The predicted octanol–water partition coefficient (Wildman–Crippen LogP) is 1.98. The first-order valence-electron chi connectivity index (χ1n) is 4.79. The molecule has 3 heterocycles. The Morgan fingerprint density at radius 3 is 3.25 bits per heavy atom. The molecule has 4 nitrogen and oxygen atoms in total. The highest BCUT2D eigenvalue weighted by Crippen LogP contribution is 2.30. The first kappa shape index (κ1) is 9.35. The van der Waals surface area contributed by atoms with Gasteiger partial charge in [0.25, 0.3) is 5.65 Å². The molecule has 0 aromatic carbocycles. The summed E-state index contributed by atoms with van der Waals surface area (Å²) >= 11 is 1.45. The van der Waals surface area contributed by atoms with E-state index >= 15 is 0 Å². The summed E-state index contributed by atoms with van der Waals surface area (Å²) in [6, 6.07) is 3.83. The van der Waals surface area contributed by atoms with Gasteiger partial charge in [0.05, 0.1) is 29.6 Å². The van der Waals surface area contributed by atoms with Crippen molar-refractivity contribution in [3.05, 3.63) is 29.4 Å². The van der Waals surface area contributed by atoms with Crippen LogP contribution in [0.25, 0.3) is 21.1 Å². The van der Waals surface area contributed by atoms with Gasteiger partial charge in [0.1, 0.15) is 4.88 Å².